The molecule has 0 radical (unpaired) electrons. The number of hydrogen-bond donors (Lipinski definition) is 1. The van der Waals surface area contributed by atoms with Gasteiger partial charge in [0.2, 0.25) is 5.91 Å². The molecule has 0 bridgehead atoms. The van der Waals surface area contributed by atoms with E-state index in [1.807, 2.05) is 57.3 Å². The van der Waals surface area contributed by atoms with Gasteiger partial charge in [-0.1, -0.05) is 30.3 Å². The van der Waals surface area contributed by atoms with Crippen LogP contribution in [0.4, 0.5) is 9.18 Å². The van der Waals surface area contributed by atoms with Gasteiger partial charge in [0.15, 0.2) is 5.82 Å². The van der Waals surface area contributed by atoms with Crippen molar-refractivity contribution in [2.24, 2.45) is 0 Å². The summed E-state index contributed by atoms with van der Waals surface area (Å²) in [5, 5.41) is 4.81. The number of hydrogen-bond acceptors (Lipinski definition) is 5. The van der Waals surface area contributed by atoms with Crippen LogP contribution in [0.1, 0.15) is 74.0 Å². The Labute approximate surface area is 286 Å². The van der Waals surface area contributed by atoms with Crippen LogP contribution in [-0.4, -0.2) is 93.2 Å². The lowest BCUT2D eigenvalue weighted by atomic mass is 9.87. The van der Waals surface area contributed by atoms with Crippen molar-refractivity contribution in [2.75, 3.05) is 40.3 Å². The maximum absolute atomic E-state index is 16.4. The van der Waals surface area contributed by atoms with Gasteiger partial charge in [0, 0.05) is 76.6 Å². The van der Waals surface area contributed by atoms with E-state index in [1.54, 1.807) is 40.8 Å². The smallest absolute Gasteiger partial charge is 0.410 e. The van der Waals surface area contributed by atoms with Crippen molar-refractivity contribution in [2.45, 2.75) is 64.5 Å². The number of ether oxygens (including phenoxy) is 1. The van der Waals surface area contributed by atoms with Crippen molar-refractivity contribution < 1.29 is 23.5 Å². The van der Waals surface area contributed by atoms with E-state index in [4.69, 9.17) is 4.74 Å². The molecule has 2 aliphatic heterocycles. The second-order valence-corrected chi connectivity index (χ2v) is 14.2. The highest BCUT2D eigenvalue weighted by Crippen LogP contribution is 2.38. The first-order valence-electron chi connectivity index (χ1n) is 17.0. The fraction of sp³-hybridized carbons (Fsp3) is 0.421. The van der Waals surface area contributed by atoms with Crippen molar-refractivity contribution in [1.29, 1.82) is 0 Å². The number of piperidine rings is 1. The molecular weight excluding hydrogens is 623 g/mol. The number of fused-ring (bicyclic) bond motifs is 1. The van der Waals surface area contributed by atoms with Gasteiger partial charge in [0.1, 0.15) is 11.3 Å². The molecule has 1 fully saturated rings. The Balaban J connectivity index is 1.27. The van der Waals surface area contributed by atoms with E-state index >= 15 is 4.39 Å². The molecule has 4 aromatic rings. The lowest BCUT2D eigenvalue weighted by Gasteiger charge is -2.33. The van der Waals surface area contributed by atoms with Crippen LogP contribution in [0.5, 0.6) is 0 Å². The van der Waals surface area contributed by atoms with Crippen LogP contribution in [-0.2, 0) is 16.1 Å². The Morgan fingerprint density at radius 2 is 1.76 bits per heavy atom. The summed E-state index contributed by atoms with van der Waals surface area (Å²) >= 11 is 0. The first kappa shape index (κ1) is 34.0. The van der Waals surface area contributed by atoms with Gasteiger partial charge in [-0.3, -0.25) is 14.3 Å². The molecule has 258 valence electrons. The molecule has 3 amide bonds. The number of rotatable bonds is 7. The molecule has 2 aliphatic rings. The standard InChI is InChI=1S/C38H45FN6O4/c1-38(2,3)49-37(48)43-19-13-26(14-20-43)25-9-11-27(12-10-25)29-22-30(34(39)35-31(29)23-32(41-35)36(47)42(4)5)28-8-6-17-44(24-28)33(46)15-21-45-18-7-16-40-45/h7-12,16,18,22-23,26,41H,6,13-15,17,19-21,24H2,1-5H3. The van der Waals surface area contributed by atoms with E-state index in [-0.39, 0.29) is 23.4 Å². The maximum Gasteiger partial charge on any atom is 0.410 e. The number of carbonyl (C=O) groups excluding carboxylic acids is 3. The lowest BCUT2D eigenvalue weighted by Crippen LogP contribution is -2.41. The van der Waals surface area contributed by atoms with E-state index in [9.17, 15) is 14.4 Å². The Kier molecular flexibility index (Phi) is 9.63. The number of aromatic amines is 1. The van der Waals surface area contributed by atoms with Gasteiger partial charge in [-0.2, -0.15) is 5.10 Å². The summed E-state index contributed by atoms with van der Waals surface area (Å²) in [7, 11) is 3.33. The third-order valence-corrected chi connectivity index (χ3v) is 9.29. The van der Waals surface area contributed by atoms with Crippen LogP contribution in [0, 0.1) is 5.82 Å². The number of likely N-dealkylation sites (tertiary alicyclic amines) is 1. The zero-order valence-corrected chi connectivity index (χ0v) is 29.0. The molecule has 1 N–H and O–H groups in total. The van der Waals surface area contributed by atoms with Gasteiger partial charge in [-0.05, 0) is 86.4 Å². The topological polar surface area (TPSA) is 104 Å². The summed E-state index contributed by atoms with van der Waals surface area (Å²) in [6.45, 7) is 8.23. The van der Waals surface area contributed by atoms with Crippen LogP contribution in [0.2, 0.25) is 0 Å². The van der Waals surface area contributed by atoms with Crippen molar-refractivity contribution in [1.82, 2.24) is 29.5 Å². The molecule has 1 saturated heterocycles. The fourth-order valence-corrected chi connectivity index (χ4v) is 6.70. The van der Waals surface area contributed by atoms with E-state index in [1.165, 1.54) is 10.5 Å². The molecular formula is C38H45FN6O4. The number of amides is 3. The van der Waals surface area contributed by atoms with Crippen molar-refractivity contribution in [3.63, 3.8) is 0 Å². The molecule has 6 rings (SSSR count). The minimum atomic E-state index is -0.527. The van der Waals surface area contributed by atoms with Crippen LogP contribution in [0.25, 0.3) is 27.6 Å². The first-order valence-corrected chi connectivity index (χ1v) is 17.0. The van der Waals surface area contributed by atoms with Crippen molar-refractivity contribution >= 4 is 34.4 Å². The van der Waals surface area contributed by atoms with E-state index in [2.05, 4.69) is 22.2 Å². The van der Waals surface area contributed by atoms with E-state index in [0.29, 0.717) is 68.1 Å². The fourth-order valence-electron chi connectivity index (χ4n) is 6.70. The molecule has 2 aromatic heterocycles. The first-order chi connectivity index (χ1) is 23.4. The minimum Gasteiger partial charge on any atom is -0.444 e. The number of aryl methyl sites for hydroxylation is 1. The molecule has 0 atom stereocenters. The van der Waals surface area contributed by atoms with E-state index < -0.39 is 11.4 Å². The van der Waals surface area contributed by atoms with Crippen LogP contribution < -0.4 is 0 Å². The van der Waals surface area contributed by atoms with Crippen molar-refractivity contribution in [3.8, 4) is 11.1 Å². The molecule has 49 heavy (non-hydrogen) atoms. The molecule has 4 heterocycles. The zero-order valence-electron chi connectivity index (χ0n) is 29.0. The molecule has 10 nitrogen and oxygen atoms in total. The SMILES string of the molecule is CN(C)C(=O)c1cc2c(-c3ccc(C4CCN(C(=O)OC(C)(C)C)CC4)cc3)cc(C3=CCCN(C(=O)CCn4cccn4)C3)c(F)c2[nH]1. The molecule has 0 saturated carbocycles. The number of H-pyrrole nitrogens is 1. The highest BCUT2D eigenvalue weighted by molar-refractivity contribution is 6.04. The van der Waals surface area contributed by atoms with Gasteiger partial charge in [0.05, 0.1) is 5.52 Å². The molecule has 0 unspecified atom stereocenters. The molecule has 0 spiro atoms. The van der Waals surface area contributed by atoms with Crippen LogP contribution >= 0.6 is 0 Å². The molecule has 11 heteroatoms. The molecule has 2 aromatic carbocycles. The number of carbonyl (C=O) groups is 3. The summed E-state index contributed by atoms with van der Waals surface area (Å²) in [5.41, 5.74) is 4.07. The second kappa shape index (κ2) is 13.9. The highest BCUT2D eigenvalue weighted by Gasteiger charge is 2.28. The predicted octanol–water partition coefficient (Wildman–Crippen LogP) is 6.69. The third-order valence-electron chi connectivity index (χ3n) is 9.29. The maximum atomic E-state index is 16.4. The summed E-state index contributed by atoms with van der Waals surface area (Å²) in [4.78, 5) is 46.8. The predicted molar refractivity (Wildman–Crippen MR) is 188 cm³/mol. The van der Waals surface area contributed by atoms with Crippen molar-refractivity contribution in [3.05, 3.63) is 83.6 Å². The Bertz CT molecular complexity index is 1860. The average molecular weight is 669 g/mol. The van der Waals surface area contributed by atoms with Gasteiger partial charge in [-0.25, -0.2) is 9.18 Å². The second-order valence-electron chi connectivity index (χ2n) is 14.2. The highest BCUT2D eigenvalue weighted by atomic mass is 19.1. The Hall–Kier alpha value is -4.93. The molecule has 0 aliphatic carbocycles. The Morgan fingerprint density at radius 3 is 2.41 bits per heavy atom. The average Bonchev–Trinajstić information content (AvgIpc) is 3.78. The monoisotopic (exact) mass is 668 g/mol. The van der Waals surface area contributed by atoms with Crippen LogP contribution in [0.3, 0.4) is 0 Å². The summed E-state index contributed by atoms with van der Waals surface area (Å²) < 4.78 is 23.7. The summed E-state index contributed by atoms with van der Waals surface area (Å²) in [6.07, 6.45) is 7.84. The van der Waals surface area contributed by atoms with Gasteiger partial charge in [-0.15, -0.1) is 0 Å². The van der Waals surface area contributed by atoms with Gasteiger partial charge >= 0.3 is 6.09 Å². The van der Waals surface area contributed by atoms with Gasteiger partial charge < -0.3 is 24.4 Å². The number of nitrogens with zero attached hydrogens (tertiary/aromatic N) is 5. The summed E-state index contributed by atoms with van der Waals surface area (Å²) in [5.74, 6) is -0.393. The number of aromatic nitrogens is 3. The lowest BCUT2D eigenvalue weighted by molar-refractivity contribution is -0.131. The third kappa shape index (κ3) is 7.55. The minimum absolute atomic E-state index is 0.00549. The normalized spacial score (nSPS) is 15.8. The Morgan fingerprint density at radius 1 is 1.02 bits per heavy atom. The largest absolute Gasteiger partial charge is 0.444 e. The number of benzene rings is 2. The number of halogens is 1. The van der Waals surface area contributed by atoms with Crippen LogP contribution in [0.15, 0.2) is 60.9 Å². The van der Waals surface area contributed by atoms with E-state index in [0.717, 1.165) is 29.5 Å². The zero-order chi connectivity index (χ0) is 34.9. The summed E-state index contributed by atoms with van der Waals surface area (Å²) in [6, 6.07) is 13.7. The number of nitrogens with one attached hydrogen (secondary N) is 1. The van der Waals surface area contributed by atoms with Gasteiger partial charge in [0.25, 0.3) is 5.91 Å². The quantitative estimate of drug-likeness (QED) is 0.236.